The zero-order valence-electron chi connectivity index (χ0n) is 7.30. The monoisotopic (exact) mass is 159 g/mol. The van der Waals surface area contributed by atoms with Crippen molar-refractivity contribution >= 4 is 11.8 Å². The summed E-state index contributed by atoms with van der Waals surface area (Å²) in [5.41, 5.74) is 3.89. The number of fused-ring (bicyclic) bond motifs is 1. The molecule has 1 heteroatoms. The molecule has 12 heavy (non-hydrogen) atoms. The lowest BCUT2D eigenvalue weighted by atomic mass is 10.1. The molecule has 0 amide bonds. The average molecular weight is 159 g/mol. The van der Waals surface area contributed by atoms with Crippen LogP contribution in [0.15, 0.2) is 24.8 Å². The molecule has 0 spiro atoms. The van der Waals surface area contributed by atoms with Gasteiger partial charge in [-0.3, -0.25) is 0 Å². The van der Waals surface area contributed by atoms with E-state index in [-0.39, 0.29) is 0 Å². The highest BCUT2D eigenvalue weighted by Crippen LogP contribution is 2.26. The zero-order valence-corrected chi connectivity index (χ0v) is 7.30. The van der Waals surface area contributed by atoms with Gasteiger partial charge in [0.25, 0.3) is 0 Å². The molecule has 1 aliphatic rings. The summed E-state index contributed by atoms with van der Waals surface area (Å²) in [5, 5.41) is 3.42. The predicted molar refractivity (Wildman–Crippen MR) is 53.3 cm³/mol. The van der Waals surface area contributed by atoms with Crippen molar-refractivity contribution in [1.82, 2.24) is 0 Å². The first-order valence-corrected chi connectivity index (χ1v) is 4.31. The number of hydrogen-bond donors (Lipinski definition) is 1. The molecule has 0 aromatic heterocycles. The third-order valence-corrected chi connectivity index (χ3v) is 2.30. The van der Waals surface area contributed by atoms with Gasteiger partial charge in [0.15, 0.2) is 0 Å². The van der Waals surface area contributed by atoms with Crippen molar-refractivity contribution < 1.29 is 0 Å². The highest BCUT2D eigenvalue weighted by Gasteiger charge is 2.15. The molecule has 1 aromatic rings. The van der Waals surface area contributed by atoms with Crippen LogP contribution in [0.3, 0.4) is 0 Å². The minimum absolute atomic E-state index is 0.583. The standard InChI is InChI=1S/C11H13N/c1-3-9-4-5-10-6-8(2)12-11(10)7-9/h3-5,7-8,12H,1,6H2,2H3/t8-/m1/s1. The fourth-order valence-electron chi connectivity index (χ4n) is 1.68. The van der Waals surface area contributed by atoms with Crippen molar-refractivity contribution in [2.45, 2.75) is 19.4 Å². The van der Waals surface area contributed by atoms with Gasteiger partial charge in [-0.2, -0.15) is 0 Å². The molecule has 0 radical (unpaired) electrons. The SMILES string of the molecule is C=Cc1ccc2c(c1)N[C@H](C)C2. The molecule has 1 aliphatic heterocycles. The highest BCUT2D eigenvalue weighted by atomic mass is 14.9. The van der Waals surface area contributed by atoms with Gasteiger partial charge in [-0.05, 0) is 30.5 Å². The Morgan fingerprint density at radius 1 is 1.58 bits per heavy atom. The summed E-state index contributed by atoms with van der Waals surface area (Å²) in [6.07, 6.45) is 3.03. The van der Waals surface area contributed by atoms with E-state index in [4.69, 9.17) is 0 Å². The number of benzene rings is 1. The van der Waals surface area contributed by atoms with Crippen LogP contribution in [0.4, 0.5) is 5.69 Å². The molecule has 0 saturated heterocycles. The van der Waals surface area contributed by atoms with E-state index in [1.54, 1.807) is 0 Å². The Morgan fingerprint density at radius 2 is 2.42 bits per heavy atom. The predicted octanol–water partition coefficient (Wildman–Crippen LogP) is 2.69. The summed E-state index contributed by atoms with van der Waals surface area (Å²) in [7, 11) is 0. The van der Waals surface area contributed by atoms with Crippen molar-refractivity contribution in [3.8, 4) is 0 Å². The van der Waals surface area contributed by atoms with Crippen LogP contribution in [0.1, 0.15) is 18.1 Å². The molecule has 0 unspecified atom stereocenters. The summed E-state index contributed by atoms with van der Waals surface area (Å²) < 4.78 is 0. The van der Waals surface area contributed by atoms with Gasteiger partial charge in [-0.15, -0.1) is 0 Å². The maximum absolute atomic E-state index is 3.75. The summed E-state index contributed by atoms with van der Waals surface area (Å²) in [5.74, 6) is 0. The highest BCUT2D eigenvalue weighted by molar-refractivity contribution is 5.63. The van der Waals surface area contributed by atoms with Crippen LogP contribution >= 0.6 is 0 Å². The van der Waals surface area contributed by atoms with Gasteiger partial charge >= 0.3 is 0 Å². The van der Waals surface area contributed by atoms with Crippen molar-refractivity contribution in [2.24, 2.45) is 0 Å². The minimum Gasteiger partial charge on any atom is -0.382 e. The second kappa shape index (κ2) is 2.67. The molecule has 0 fully saturated rings. The van der Waals surface area contributed by atoms with E-state index < -0.39 is 0 Å². The molecule has 1 nitrogen and oxygen atoms in total. The summed E-state index contributed by atoms with van der Waals surface area (Å²) in [6.45, 7) is 5.95. The van der Waals surface area contributed by atoms with Gasteiger partial charge in [-0.25, -0.2) is 0 Å². The number of nitrogens with one attached hydrogen (secondary N) is 1. The molecule has 1 atom stereocenters. The fraction of sp³-hybridized carbons (Fsp3) is 0.273. The number of anilines is 1. The van der Waals surface area contributed by atoms with E-state index in [2.05, 4.69) is 37.0 Å². The second-order valence-corrected chi connectivity index (χ2v) is 3.37. The molecule has 1 N–H and O–H groups in total. The second-order valence-electron chi connectivity index (χ2n) is 3.37. The Hall–Kier alpha value is -1.24. The smallest absolute Gasteiger partial charge is 0.0381 e. The van der Waals surface area contributed by atoms with Crippen molar-refractivity contribution in [3.05, 3.63) is 35.9 Å². The maximum Gasteiger partial charge on any atom is 0.0381 e. The summed E-state index contributed by atoms with van der Waals surface area (Å²) >= 11 is 0. The van der Waals surface area contributed by atoms with E-state index in [0.29, 0.717) is 6.04 Å². The lowest BCUT2D eigenvalue weighted by Gasteiger charge is -2.02. The fourth-order valence-corrected chi connectivity index (χ4v) is 1.68. The maximum atomic E-state index is 3.75. The normalized spacial score (nSPS) is 19.9. The first-order chi connectivity index (χ1) is 5.79. The molecule has 0 bridgehead atoms. The topological polar surface area (TPSA) is 12.0 Å². The van der Waals surface area contributed by atoms with Gasteiger partial charge in [0.2, 0.25) is 0 Å². The Kier molecular flexibility index (Phi) is 1.65. The molecular weight excluding hydrogens is 146 g/mol. The van der Waals surface area contributed by atoms with E-state index in [9.17, 15) is 0 Å². The van der Waals surface area contributed by atoms with Crippen LogP contribution in [0.2, 0.25) is 0 Å². The Morgan fingerprint density at radius 3 is 3.17 bits per heavy atom. The number of rotatable bonds is 1. The van der Waals surface area contributed by atoms with Gasteiger partial charge in [0.05, 0.1) is 0 Å². The van der Waals surface area contributed by atoms with Crippen LogP contribution in [0, 0.1) is 0 Å². The molecule has 1 heterocycles. The van der Waals surface area contributed by atoms with Crippen LogP contribution in [-0.2, 0) is 6.42 Å². The van der Waals surface area contributed by atoms with Gasteiger partial charge in [0, 0.05) is 11.7 Å². The molecule has 1 aromatic carbocycles. The van der Waals surface area contributed by atoms with E-state index in [0.717, 1.165) is 6.42 Å². The lowest BCUT2D eigenvalue weighted by Crippen LogP contribution is -2.08. The quantitative estimate of drug-likeness (QED) is 0.664. The Balaban J connectivity index is 2.41. The van der Waals surface area contributed by atoms with Crippen molar-refractivity contribution in [1.29, 1.82) is 0 Å². The van der Waals surface area contributed by atoms with Crippen LogP contribution in [-0.4, -0.2) is 6.04 Å². The average Bonchev–Trinajstić information content (AvgIpc) is 2.43. The Bertz CT molecular complexity index is 315. The van der Waals surface area contributed by atoms with E-state index in [1.807, 2.05) is 6.08 Å². The van der Waals surface area contributed by atoms with Gasteiger partial charge in [0.1, 0.15) is 0 Å². The number of hydrogen-bond acceptors (Lipinski definition) is 1. The first kappa shape index (κ1) is 7.41. The molecule has 62 valence electrons. The molecular formula is C11H13N. The largest absolute Gasteiger partial charge is 0.382 e. The lowest BCUT2D eigenvalue weighted by molar-refractivity contribution is 0.839. The van der Waals surface area contributed by atoms with E-state index >= 15 is 0 Å². The third-order valence-electron chi connectivity index (χ3n) is 2.30. The van der Waals surface area contributed by atoms with Gasteiger partial charge < -0.3 is 5.32 Å². The first-order valence-electron chi connectivity index (χ1n) is 4.31. The Labute approximate surface area is 73.1 Å². The van der Waals surface area contributed by atoms with Crippen LogP contribution in [0.5, 0.6) is 0 Å². The summed E-state index contributed by atoms with van der Waals surface area (Å²) in [6, 6.07) is 7.04. The van der Waals surface area contributed by atoms with Crippen molar-refractivity contribution in [2.75, 3.05) is 5.32 Å². The van der Waals surface area contributed by atoms with Crippen LogP contribution < -0.4 is 5.32 Å². The van der Waals surface area contributed by atoms with Crippen molar-refractivity contribution in [3.63, 3.8) is 0 Å². The van der Waals surface area contributed by atoms with Crippen LogP contribution in [0.25, 0.3) is 6.08 Å². The molecule has 0 aliphatic carbocycles. The van der Waals surface area contributed by atoms with E-state index in [1.165, 1.54) is 16.8 Å². The van der Waals surface area contributed by atoms with Gasteiger partial charge in [-0.1, -0.05) is 24.8 Å². The minimum atomic E-state index is 0.583. The molecule has 2 rings (SSSR count). The third kappa shape index (κ3) is 1.11. The summed E-state index contributed by atoms with van der Waals surface area (Å²) in [4.78, 5) is 0. The zero-order chi connectivity index (χ0) is 8.55. The molecule has 0 saturated carbocycles.